The van der Waals surface area contributed by atoms with Gasteiger partial charge in [-0.3, -0.25) is 4.79 Å². The van der Waals surface area contributed by atoms with E-state index in [1.165, 1.54) is 11.3 Å². The third kappa shape index (κ3) is 2.80. The Hall–Kier alpha value is -1.47. The molecule has 2 aromatic rings. The van der Waals surface area contributed by atoms with Gasteiger partial charge in [0.2, 0.25) is 10.1 Å². The fraction of sp³-hybridized carbons (Fsp3) is 0.300. The molecule has 90 valence electrons. The highest BCUT2D eigenvalue weighted by atomic mass is 32.1. The quantitative estimate of drug-likeness (QED) is 0.920. The predicted octanol–water partition coefficient (Wildman–Crippen LogP) is 1.91. The third-order valence-corrected chi connectivity index (χ3v) is 3.93. The molecule has 1 amide bonds. The first-order valence-electron chi connectivity index (χ1n) is 5.00. The van der Waals surface area contributed by atoms with Crippen molar-refractivity contribution in [2.45, 2.75) is 6.54 Å². The molecule has 0 bridgehead atoms. The van der Waals surface area contributed by atoms with E-state index in [2.05, 4.69) is 15.5 Å². The lowest BCUT2D eigenvalue weighted by molar-refractivity contribution is 0.0785. The van der Waals surface area contributed by atoms with E-state index in [-0.39, 0.29) is 5.91 Å². The summed E-state index contributed by atoms with van der Waals surface area (Å²) in [5.41, 5.74) is 0. The molecule has 0 saturated carbocycles. The van der Waals surface area contributed by atoms with Crippen molar-refractivity contribution in [3.63, 3.8) is 0 Å². The lowest BCUT2D eigenvalue weighted by Crippen LogP contribution is -2.25. The second kappa shape index (κ2) is 5.24. The molecule has 0 aliphatic carbocycles. The van der Waals surface area contributed by atoms with E-state index < -0.39 is 0 Å². The Kier molecular flexibility index (Phi) is 3.70. The molecule has 0 saturated heterocycles. The molecule has 2 aromatic heterocycles. The maximum Gasteiger partial charge on any atom is 0.284 e. The van der Waals surface area contributed by atoms with Crippen LogP contribution in [0.2, 0.25) is 0 Å². The summed E-state index contributed by atoms with van der Waals surface area (Å²) in [4.78, 5) is 14.8. The zero-order valence-corrected chi connectivity index (χ0v) is 11.1. The Morgan fingerprint density at radius 2 is 2.35 bits per heavy atom. The molecule has 5 nitrogen and oxygen atoms in total. The first-order chi connectivity index (χ1) is 8.20. The number of carbonyl (C=O) groups excluding carboxylic acids is 1. The number of hydrogen-bond acceptors (Lipinski definition) is 6. The fourth-order valence-electron chi connectivity index (χ4n) is 1.28. The average molecular weight is 268 g/mol. The SMILES string of the molecule is CNc1nnc(C(=O)N(C)Cc2cccs2)s1. The van der Waals surface area contributed by atoms with Gasteiger partial charge in [0.1, 0.15) is 0 Å². The smallest absolute Gasteiger partial charge is 0.284 e. The van der Waals surface area contributed by atoms with Crippen molar-refractivity contribution in [2.24, 2.45) is 0 Å². The van der Waals surface area contributed by atoms with Crippen molar-refractivity contribution in [2.75, 3.05) is 19.4 Å². The number of thiophene rings is 1. The summed E-state index contributed by atoms with van der Waals surface area (Å²) in [6.07, 6.45) is 0. The van der Waals surface area contributed by atoms with Gasteiger partial charge in [0.25, 0.3) is 5.91 Å². The number of amides is 1. The van der Waals surface area contributed by atoms with Crippen molar-refractivity contribution in [1.29, 1.82) is 0 Å². The Labute approximate surface area is 107 Å². The summed E-state index contributed by atoms with van der Waals surface area (Å²) in [6, 6.07) is 3.98. The van der Waals surface area contributed by atoms with Crippen LogP contribution in [0.25, 0.3) is 0 Å². The number of anilines is 1. The molecular formula is C10H12N4OS2. The van der Waals surface area contributed by atoms with E-state index in [4.69, 9.17) is 0 Å². The molecule has 0 spiro atoms. The van der Waals surface area contributed by atoms with Crippen LogP contribution in [0.1, 0.15) is 14.7 Å². The maximum atomic E-state index is 12.0. The summed E-state index contributed by atoms with van der Waals surface area (Å²) in [6.45, 7) is 0.602. The van der Waals surface area contributed by atoms with Gasteiger partial charge in [0, 0.05) is 19.0 Å². The monoisotopic (exact) mass is 268 g/mol. The molecule has 0 atom stereocenters. The third-order valence-electron chi connectivity index (χ3n) is 2.14. The number of nitrogens with zero attached hydrogens (tertiary/aromatic N) is 3. The minimum absolute atomic E-state index is 0.0996. The topological polar surface area (TPSA) is 58.1 Å². The maximum absolute atomic E-state index is 12.0. The van der Waals surface area contributed by atoms with Gasteiger partial charge in [-0.25, -0.2) is 0 Å². The molecule has 7 heteroatoms. The molecule has 17 heavy (non-hydrogen) atoms. The van der Waals surface area contributed by atoms with Crippen LogP contribution in [0.15, 0.2) is 17.5 Å². The average Bonchev–Trinajstić information content (AvgIpc) is 2.98. The van der Waals surface area contributed by atoms with E-state index in [1.807, 2.05) is 17.5 Å². The van der Waals surface area contributed by atoms with E-state index in [0.29, 0.717) is 16.7 Å². The highest BCUT2D eigenvalue weighted by Crippen LogP contribution is 2.17. The Balaban J connectivity index is 2.04. The van der Waals surface area contributed by atoms with Gasteiger partial charge >= 0.3 is 0 Å². The van der Waals surface area contributed by atoms with E-state index in [9.17, 15) is 4.79 Å². The highest BCUT2D eigenvalue weighted by Gasteiger charge is 2.17. The van der Waals surface area contributed by atoms with Gasteiger partial charge in [-0.2, -0.15) is 0 Å². The van der Waals surface area contributed by atoms with Gasteiger partial charge in [0.05, 0.1) is 6.54 Å². The standard InChI is InChI=1S/C10H12N4OS2/c1-11-10-13-12-8(17-10)9(15)14(2)6-7-4-3-5-16-7/h3-5H,6H2,1-2H3,(H,11,13). The first kappa shape index (κ1) is 12.0. The summed E-state index contributed by atoms with van der Waals surface area (Å²) in [7, 11) is 3.52. The van der Waals surface area contributed by atoms with Gasteiger partial charge < -0.3 is 10.2 Å². The Bertz CT molecular complexity index is 494. The van der Waals surface area contributed by atoms with Crippen molar-refractivity contribution in [1.82, 2.24) is 15.1 Å². The lowest BCUT2D eigenvalue weighted by Gasteiger charge is -2.13. The van der Waals surface area contributed by atoms with Gasteiger partial charge in [-0.15, -0.1) is 21.5 Å². The van der Waals surface area contributed by atoms with Gasteiger partial charge in [-0.05, 0) is 11.4 Å². The number of hydrogen-bond donors (Lipinski definition) is 1. The van der Waals surface area contributed by atoms with Crippen LogP contribution >= 0.6 is 22.7 Å². The van der Waals surface area contributed by atoms with E-state index >= 15 is 0 Å². The molecule has 1 N–H and O–H groups in total. The van der Waals surface area contributed by atoms with Crippen LogP contribution in [0.3, 0.4) is 0 Å². The predicted molar refractivity (Wildman–Crippen MR) is 69.6 cm³/mol. The Morgan fingerprint density at radius 1 is 1.53 bits per heavy atom. The van der Waals surface area contributed by atoms with Crippen LogP contribution in [-0.2, 0) is 6.54 Å². The normalized spacial score (nSPS) is 10.2. The number of aromatic nitrogens is 2. The van der Waals surface area contributed by atoms with Crippen molar-refractivity contribution >= 4 is 33.7 Å². The summed E-state index contributed by atoms with van der Waals surface area (Å²) in [5.74, 6) is -0.0996. The second-order valence-corrected chi connectivity index (χ2v) is 5.41. The van der Waals surface area contributed by atoms with Gasteiger partial charge in [0.15, 0.2) is 0 Å². The largest absolute Gasteiger partial charge is 0.363 e. The van der Waals surface area contributed by atoms with Crippen molar-refractivity contribution < 1.29 is 4.79 Å². The minimum Gasteiger partial charge on any atom is -0.363 e. The summed E-state index contributed by atoms with van der Waals surface area (Å²) < 4.78 is 0. The van der Waals surface area contributed by atoms with Crippen LogP contribution in [0.4, 0.5) is 5.13 Å². The second-order valence-electron chi connectivity index (χ2n) is 3.40. The molecule has 0 unspecified atom stereocenters. The lowest BCUT2D eigenvalue weighted by atomic mass is 10.4. The molecular weight excluding hydrogens is 256 g/mol. The molecule has 0 radical (unpaired) electrons. The number of rotatable bonds is 4. The molecule has 0 fully saturated rings. The molecule has 2 heterocycles. The molecule has 2 rings (SSSR count). The van der Waals surface area contributed by atoms with Crippen LogP contribution in [-0.4, -0.2) is 35.1 Å². The number of nitrogens with one attached hydrogen (secondary N) is 1. The fourth-order valence-corrected chi connectivity index (χ4v) is 2.73. The van der Waals surface area contributed by atoms with Crippen molar-refractivity contribution in [3.8, 4) is 0 Å². The zero-order valence-electron chi connectivity index (χ0n) is 9.51. The highest BCUT2D eigenvalue weighted by molar-refractivity contribution is 7.17. The van der Waals surface area contributed by atoms with Crippen LogP contribution < -0.4 is 5.32 Å². The van der Waals surface area contributed by atoms with E-state index in [0.717, 1.165) is 4.88 Å². The van der Waals surface area contributed by atoms with Crippen LogP contribution in [0, 0.1) is 0 Å². The minimum atomic E-state index is -0.0996. The van der Waals surface area contributed by atoms with Gasteiger partial charge in [-0.1, -0.05) is 17.4 Å². The van der Waals surface area contributed by atoms with Crippen molar-refractivity contribution in [3.05, 3.63) is 27.4 Å². The summed E-state index contributed by atoms with van der Waals surface area (Å²) >= 11 is 2.90. The first-order valence-corrected chi connectivity index (χ1v) is 6.69. The Morgan fingerprint density at radius 3 is 2.94 bits per heavy atom. The summed E-state index contributed by atoms with van der Waals surface area (Å²) in [5, 5.41) is 13.6. The zero-order chi connectivity index (χ0) is 12.3. The molecule has 0 aliphatic rings. The number of carbonyl (C=O) groups is 1. The van der Waals surface area contributed by atoms with Crippen LogP contribution in [0.5, 0.6) is 0 Å². The van der Waals surface area contributed by atoms with E-state index in [1.54, 1.807) is 30.3 Å². The molecule has 0 aromatic carbocycles. The molecule has 0 aliphatic heterocycles.